The summed E-state index contributed by atoms with van der Waals surface area (Å²) in [7, 11) is 0. The van der Waals surface area contributed by atoms with Crippen LogP contribution in [0.25, 0.3) is 6.08 Å². The molecule has 2 rings (SSSR count). The number of carboxylic acids is 1. The van der Waals surface area contributed by atoms with Crippen molar-refractivity contribution in [2.45, 2.75) is 0 Å². The monoisotopic (exact) mass is 274 g/mol. The molecule has 18 heavy (non-hydrogen) atoms. The van der Waals surface area contributed by atoms with Crippen LogP contribution in [0.3, 0.4) is 0 Å². The van der Waals surface area contributed by atoms with Gasteiger partial charge in [-0.2, -0.15) is 0 Å². The first-order valence-corrected chi connectivity index (χ1v) is 5.19. The second kappa shape index (κ2) is 6.85. The molecule has 0 saturated heterocycles. The molecule has 0 N–H and O–H groups in total. The predicted octanol–water partition coefficient (Wildman–Crippen LogP) is -1.69. The van der Waals surface area contributed by atoms with Crippen molar-refractivity contribution in [1.29, 1.82) is 0 Å². The van der Waals surface area contributed by atoms with Crippen molar-refractivity contribution in [2.75, 3.05) is 6.79 Å². The van der Waals surface area contributed by atoms with Crippen LogP contribution < -0.4 is 44.1 Å². The van der Waals surface area contributed by atoms with Crippen LogP contribution in [0.2, 0.25) is 0 Å². The number of rotatable bonds is 3. The Balaban J connectivity index is 0.00000162. The molecule has 1 aromatic rings. The van der Waals surface area contributed by atoms with Gasteiger partial charge in [-0.05, 0) is 23.8 Å². The molecule has 0 unspecified atom stereocenters. The first kappa shape index (κ1) is 15.1. The first-order valence-electron chi connectivity index (χ1n) is 4.81. The zero-order valence-corrected chi connectivity index (χ0v) is 12.4. The number of carbonyl (C=O) groups is 1. The fraction of sp³-hybridized carbons (Fsp3) is 0.0833. The molecule has 1 aliphatic heterocycles. The van der Waals surface area contributed by atoms with E-state index in [4.69, 9.17) is 21.1 Å². The minimum Gasteiger partial charge on any atom is -0.544 e. The van der Waals surface area contributed by atoms with Gasteiger partial charge in [0.1, 0.15) is 0 Å². The van der Waals surface area contributed by atoms with Crippen LogP contribution in [0, 0.1) is 0 Å². The van der Waals surface area contributed by atoms with Crippen LogP contribution in [-0.4, -0.2) is 12.8 Å². The van der Waals surface area contributed by atoms with E-state index in [1.54, 1.807) is 18.2 Å². The van der Waals surface area contributed by atoms with Gasteiger partial charge in [-0.1, -0.05) is 29.8 Å². The molecule has 0 spiro atoms. The van der Waals surface area contributed by atoms with Crippen molar-refractivity contribution in [3.05, 3.63) is 40.9 Å². The van der Waals surface area contributed by atoms with E-state index in [2.05, 4.69) is 0 Å². The molecule has 0 atom stereocenters. The molecular weight excluding hydrogens is 267 g/mol. The maximum Gasteiger partial charge on any atom is 1.00 e. The van der Waals surface area contributed by atoms with Gasteiger partial charge in [0.2, 0.25) is 6.79 Å². The van der Waals surface area contributed by atoms with E-state index >= 15 is 0 Å². The van der Waals surface area contributed by atoms with Crippen LogP contribution in [0.15, 0.2) is 35.4 Å². The first-order chi connectivity index (χ1) is 8.16. The summed E-state index contributed by atoms with van der Waals surface area (Å²) in [5.41, 5.74) is 0.855. The van der Waals surface area contributed by atoms with Gasteiger partial charge in [0.05, 0.1) is 11.0 Å². The number of halogens is 1. The fourth-order valence-electron chi connectivity index (χ4n) is 1.33. The third-order valence-corrected chi connectivity index (χ3v) is 2.40. The van der Waals surface area contributed by atoms with E-state index in [1.807, 2.05) is 6.07 Å². The third-order valence-electron chi connectivity index (χ3n) is 2.12. The maximum absolute atomic E-state index is 10.3. The summed E-state index contributed by atoms with van der Waals surface area (Å²) in [5.74, 6) is -0.0328. The molecule has 0 aliphatic carbocycles. The summed E-state index contributed by atoms with van der Waals surface area (Å²) in [6, 6.07) is 5.40. The molecule has 0 aromatic heterocycles. The standard InChI is InChI=1S/C12H9ClO4.Na/c13-9(12(14)15)3-1-2-8-4-5-10-11(6-8)17-7-16-10;/h1-6H,7H2,(H,14,15);/q;+1/p-1. The SMILES string of the molecule is O=C([O-])C(Cl)=CC=Cc1ccc2c(c1)OCO2.[Na+]. The van der Waals surface area contributed by atoms with Crippen molar-refractivity contribution in [1.82, 2.24) is 0 Å². The number of carboxylic acid groups (broad SMARTS) is 1. The molecule has 1 aliphatic rings. The molecular formula is C12H8ClNaO4. The third kappa shape index (κ3) is 3.78. The Morgan fingerprint density at radius 3 is 2.78 bits per heavy atom. The predicted molar refractivity (Wildman–Crippen MR) is 60.5 cm³/mol. The summed E-state index contributed by atoms with van der Waals surface area (Å²) >= 11 is 5.38. The molecule has 88 valence electrons. The van der Waals surface area contributed by atoms with E-state index in [9.17, 15) is 9.90 Å². The molecule has 0 bridgehead atoms. The van der Waals surface area contributed by atoms with E-state index in [1.165, 1.54) is 12.2 Å². The van der Waals surface area contributed by atoms with Crippen LogP contribution in [-0.2, 0) is 4.79 Å². The Morgan fingerprint density at radius 1 is 1.33 bits per heavy atom. The summed E-state index contributed by atoms with van der Waals surface area (Å²) < 4.78 is 10.4. The number of ether oxygens (including phenoxy) is 2. The van der Waals surface area contributed by atoms with Crippen LogP contribution in [0.1, 0.15) is 5.56 Å². The number of hydrogen-bond acceptors (Lipinski definition) is 4. The van der Waals surface area contributed by atoms with Crippen molar-refractivity contribution >= 4 is 23.6 Å². The van der Waals surface area contributed by atoms with E-state index < -0.39 is 5.97 Å². The van der Waals surface area contributed by atoms with Gasteiger partial charge >= 0.3 is 29.6 Å². The molecule has 0 saturated carbocycles. The summed E-state index contributed by atoms with van der Waals surface area (Å²) in [6.07, 6.45) is 4.48. The van der Waals surface area contributed by atoms with Gasteiger partial charge in [0.15, 0.2) is 11.5 Å². The normalized spacial score (nSPS) is 13.5. The molecule has 0 amide bonds. The quantitative estimate of drug-likeness (QED) is 0.375. The van der Waals surface area contributed by atoms with Gasteiger partial charge < -0.3 is 19.4 Å². The van der Waals surface area contributed by atoms with E-state index in [-0.39, 0.29) is 41.4 Å². The zero-order chi connectivity index (χ0) is 12.3. The second-order valence-electron chi connectivity index (χ2n) is 3.27. The Bertz CT molecular complexity index is 511. The summed E-state index contributed by atoms with van der Waals surface area (Å²) in [6.45, 7) is 0.221. The van der Waals surface area contributed by atoms with Crippen LogP contribution >= 0.6 is 11.6 Å². The van der Waals surface area contributed by atoms with Crippen LogP contribution in [0.5, 0.6) is 11.5 Å². The van der Waals surface area contributed by atoms with Gasteiger partial charge in [-0.25, -0.2) is 0 Å². The van der Waals surface area contributed by atoms with Crippen LogP contribution in [0.4, 0.5) is 0 Å². The second-order valence-corrected chi connectivity index (χ2v) is 3.68. The number of hydrogen-bond donors (Lipinski definition) is 0. The average Bonchev–Trinajstić information content (AvgIpc) is 2.75. The number of carbonyl (C=O) groups excluding carboxylic acids is 1. The van der Waals surface area contributed by atoms with E-state index in [0.29, 0.717) is 11.5 Å². The molecule has 4 nitrogen and oxygen atoms in total. The van der Waals surface area contributed by atoms with Crippen molar-refractivity contribution in [3.8, 4) is 11.5 Å². The Morgan fingerprint density at radius 2 is 2.06 bits per heavy atom. The van der Waals surface area contributed by atoms with Gasteiger partial charge in [0, 0.05) is 0 Å². The van der Waals surface area contributed by atoms with Crippen molar-refractivity contribution < 1.29 is 48.9 Å². The minimum atomic E-state index is -1.40. The molecule has 1 aromatic carbocycles. The number of aliphatic carboxylic acids is 1. The number of allylic oxidation sites excluding steroid dienone is 2. The maximum atomic E-state index is 10.3. The Labute approximate surface area is 131 Å². The summed E-state index contributed by atoms with van der Waals surface area (Å²) in [4.78, 5) is 10.3. The van der Waals surface area contributed by atoms with Gasteiger partial charge in [0.25, 0.3) is 0 Å². The topological polar surface area (TPSA) is 58.6 Å². The fourth-order valence-corrected chi connectivity index (χ4v) is 1.40. The van der Waals surface area contributed by atoms with E-state index in [0.717, 1.165) is 5.56 Å². The molecule has 0 fully saturated rings. The number of benzene rings is 1. The molecule has 6 heteroatoms. The Hall–Kier alpha value is -0.940. The van der Waals surface area contributed by atoms with Crippen molar-refractivity contribution in [2.24, 2.45) is 0 Å². The zero-order valence-electron chi connectivity index (χ0n) is 9.68. The minimum absolute atomic E-state index is 0. The van der Waals surface area contributed by atoms with Gasteiger partial charge in [-0.15, -0.1) is 0 Å². The summed E-state index contributed by atoms with van der Waals surface area (Å²) in [5, 5.41) is 9.97. The largest absolute Gasteiger partial charge is 1.00 e. The average molecular weight is 275 g/mol. The smallest absolute Gasteiger partial charge is 0.544 e. The Kier molecular flexibility index (Phi) is 5.75. The number of fused-ring (bicyclic) bond motifs is 1. The molecule has 1 heterocycles. The van der Waals surface area contributed by atoms with Gasteiger partial charge in [-0.3, -0.25) is 0 Å². The molecule has 0 radical (unpaired) electrons. The van der Waals surface area contributed by atoms with Crippen molar-refractivity contribution in [3.63, 3.8) is 0 Å².